The summed E-state index contributed by atoms with van der Waals surface area (Å²) in [7, 11) is 0. The maximum absolute atomic E-state index is 13.3. The van der Waals surface area contributed by atoms with Gasteiger partial charge in [0.1, 0.15) is 11.0 Å². The lowest BCUT2D eigenvalue weighted by Gasteiger charge is -2.32. The Labute approximate surface area is 190 Å². The normalized spacial score (nSPS) is 16.2. The first-order chi connectivity index (χ1) is 14.9. The van der Waals surface area contributed by atoms with E-state index in [0.29, 0.717) is 41.6 Å². The molecule has 0 bridgehead atoms. The van der Waals surface area contributed by atoms with E-state index in [1.165, 1.54) is 6.20 Å². The number of benzene rings is 1. The van der Waals surface area contributed by atoms with Crippen LogP contribution in [0, 0.1) is 12.8 Å². The molecule has 3 heterocycles. The van der Waals surface area contributed by atoms with Crippen LogP contribution in [0.4, 0.5) is 5.82 Å². The van der Waals surface area contributed by atoms with E-state index < -0.39 is 0 Å². The number of amides is 2. The van der Waals surface area contributed by atoms with Gasteiger partial charge in [-0.3, -0.25) is 9.59 Å². The first-order valence-corrected chi connectivity index (χ1v) is 10.7. The van der Waals surface area contributed by atoms with Gasteiger partial charge in [-0.05, 0) is 44.0 Å². The molecule has 2 aromatic heterocycles. The number of anilines is 1. The maximum Gasteiger partial charge on any atom is 0.258 e. The number of aromatic nitrogens is 3. The highest BCUT2D eigenvalue weighted by molar-refractivity contribution is 6.33. The number of rotatable bonds is 4. The summed E-state index contributed by atoms with van der Waals surface area (Å²) in [5, 5.41) is 8.01. The van der Waals surface area contributed by atoms with E-state index in [1.54, 1.807) is 28.6 Å². The Balaban J connectivity index is 1.50. The van der Waals surface area contributed by atoms with E-state index in [0.717, 1.165) is 12.1 Å². The molecule has 1 aliphatic heterocycles. The molecule has 1 aromatic carbocycles. The van der Waals surface area contributed by atoms with Crippen LogP contribution in [0.3, 0.4) is 0 Å². The topological polar surface area (TPSA) is 80.1 Å². The van der Waals surface area contributed by atoms with Gasteiger partial charge in [0.25, 0.3) is 5.91 Å². The van der Waals surface area contributed by atoms with Crippen LogP contribution >= 0.6 is 23.2 Å². The fourth-order valence-electron chi connectivity index (χ4n) is 3.69. The monoisotopic (exact) mass is 457 g/mol. The van der Waals surface area contributed by atoms with Crippen LogP contribution in [0.1, 0.15) is 28.9 Å². The van der Waals surface area contributed by atoms with Gasteiger partial charge in [-0.15, -0.1) is 0 Å². The largest absolute Gasteiger partial charge is 0.338 e. The molecule has 31 heavy (non-hydrogen) atoms. The molecule has 2 amide bonds. The fourth-order valence-corrected chi connectivity index (χ4v) is 4.16. The van der Waals surface area contributed by atoms with Crippen molar-refractivity contribution < 1.29 is 9.59 Å². The van der Waals surface area contributed by atoms with Crippen molar-refractivity contribution in [2.45, 2.75) is 19.8 Å². The number of nitrogens with one attached hydrogen (secondary N) is 1. The van der Waals surface area contributed by atoms with E-state index in [4.69, 9.17) is 23.2 Å². The third kappa shape index (κ3) is 4.57. The molecule has 1 N–H and O–H groups in total. The minimum atomic E-state index is -0.335. The summed E-state index contributed by atoms with van der Waals surface area (Å²) in [6, 6.07) is 12.7. The zero-order chi connectivity index (χ0) is 22.0. The Morgan fingerprint density at radius 1 is 1.13 bits per heavy atom. The quantitative estimate of drug-likeness (QED) is 0.630. The van der Waals surface area contributed by atoms with Gasteiger partial charge in [-0.1, -0.05) is 41.4 Å². The van der Waals surface area contributed by atoms with Crippen molar-refractivity contribution in [3.63, 3.8) is 0 Å². The van der Waals surface area contributed by atoms with E-state index in [2.05, 4.69) is 15.4 Å². The average molecular weight is 458 g/mol. The SMILES string of the molecule is Cc1nn(-c2ccccc2)c(Cl)c1C(=O)N1CCCC(C(=O)Nc2ccc(Cl)cn2)C1. The highest BCUT2D eigenvalue weighted by Gasteiger charge is 2.32. The van der Waals surface area contributed by atoms with Crippen LogP contribution < -0.4 is 5.32 Å². The van der Waals surface area contributed by atoms with E-state index in [9.17, 15) is 9.59 Å². The number of halogens is 2. The molecule has 0 spiro atoms. The molecular weight excluding hydrogens is 437 g/mol. The van der Waals surface area contributed by atoms with Gasteiger partial charge in [0.2, 0.25) is 5.91 Å². The summed E-state index contributed by atoms with van der Waals surface area (Å²) in [6.45, 7) is 2.64. The van der Waals surface area contributed by atoms with Crippen molar-refractivity contribution >= 4 is 40.8 Å². The summed E-state index contributed by atoms with van der Waals surface area (Å²) < 4.78 is 1.56. The number of carbonyl (C=O) groups is 2. The van der Waals surface area contributed by atoms with E-state index in [-0.39, 0.29) is 22.9 Å². The molecule has 7 nitrogen and oxygen atoms in total. The van der Waals surface area contributed by atoms with Crippen molar-refractivity contribution in [3.8, 4) is 5.69 Å². The Bertz CT molecular complexity index is 1100. The number of aryl methyl sites for hydroxylation is 1. The zero-order valence-electron chi connectivity index (χ0n) is 16.9. The van der Waals surface area contributed by atoms with Crippen molar-refractivity contribution in [1.29, 1.82) is 0 Å². The van der Waals surface area contributed by atoms with Gasteiger partial charge < -0.3 is 10.2 Å². The van der Waals surface area contributed by atoms with E-state index >= 15 is 0 Å². The predicted octanol–water partition coefficient (Wildman–Crippen LogP) is 4.37. The number of likely N-dealkylation sites (tertiary alicyclic amines) is 1. The Kier molecular flexibility index (Phi) is 6.25. The number of hydrogen-bond donors (Lipinski definition) is 1. The van der Waals surface area contributed by atoms with Gasteiger partial charge in [0, 0.05) is 19.3 Å². The summed E-state index contributed by atoms with van der Waals surface area (Å²) in [6.07, 6.45) is 2.89. The molecule has 0 saturated carbocycles. The number of para-hydroxylation sites is 1. The minimum absolute atomic E-state index is 0.171. The van der Waals surface area contributed by atoms with Gasteiger partial charge >= 0.3 is 0 Å². The van der Waals surface area contributed by atoms with Crippen molar-refractivity contribution in [2.75, 3.05) is 18.4 Å². The first kappa shape index (κ1) is 21.3. The third-order valence-corrected chi connectivity index (χ3v) is 5.85. The Morgan fingerprint density at radius 3 is 2.61 bits per heavy atom. The molecule has 1 aliphatic rings. The van der Waals surface area contributed by atoms with Crippen LogP contribution in [0.5, 0.6) is 0 Å². The van der Waals surface area contributed by atoms with Crippen LogP contribution in [0.2, 0.25) is 10.2 Å². The standard InChI is InChI=1S/C22H21Cl2N5O2/c1-14-19(20(24)29(27-14)17-7-3-2-4-8-17)22(31)28-11-5-6-15(13-28)21(30)26-18-10-9-16(23)12-25-18/h2-4,7-10,12,15H,5-6,11,13H2,1H3,(H,25,26,30). The molecule has 1 fully saturated rings. The summed E-state index contributed by atoms with van der Waals surface area (Å²) in [5.41, 5.74) is 1.70. The lowest BCUT2D eigenvalue weighted by molar-refractivity contribution is -0.121. The zero-order valence-corrected chi connectivity index (χ0v) is 18.4. The maximum atomic E-state index is 13.3. The summed E-state index contributed by atoms with van der Waals surface area (Å²) in [4.78, 5) is 31.8. The number of piperidine rings is 1. The van der Waals surface area contributed by atoms with Crippen LogP contribution in [-0.2, 0) is 4.79 Å². The molecule has 160 valence electrons. The summed E-state index contributed by atoms with van der Waals surface area (Å²) >= 11 is 12.4. The van der Waals surface area contributed by atoms with Gasteiger partial charge in [0.05, 0.1) is 27.9 Å². The second kappa shape index (κ2) is 9.08. The second-order valence-electron chi connectivity index (χ2n) is 7.44. The molecular formula is C22H21Cl2N5O2. The van der Waals surface area contributed by atoms with Gasteiger partial charge in [0.15, 0.2) is 0 Å². The highest BCUT2D eigenvalue weighted by Crippen LogP contribution is 2.27. The van der Waals surface area contributed by atoms with Crippen LogP contribution in [-0.4, -0.2) is 44.6 Å². The van der Waals surface area contributed by atoms with Gasteiger partial charge in [-0.25, -0.2) is 9.67 Å². The number of nitrogens with zero attached hydrogens (tertiary/aromatic N) is 4. The highest BCUT2D eigenvalue weighted by atomic mass is 35.5. The third-order valence-electron chi connectivity index (χ3n) is 5.28. The molecule has 4 rings (SSSR count). The number of pyridine rings is 1. The average Bonchev–Trinajstić information content (AvgIpc) is 3.09. The van der Waals surface area contributed by atoms with E-state index in [1.807, 2.05) is 30.3 Å². The number of carbonyl (C=O) groups excluding carboxylic acids is 2. The summed E-state index contributed by atoms with van der Waals surface area (Å²) in [5.74, 6) is -0.291. The van der Waals surface area contributed by atoms with Crippen molar-refractivity contribution in [1.82, 2.24) is 19.7 Å². The minimum Gasteiger partial charge on any atom is -0.338 e. The lowest BCUT2D eigenvalue weighted by Crippen LogP contribution is -2.44. The Morgan fingerprint density at radius 2 is 1.90 bits per heavy atom. The van der Waals surface area contributed by atoms with Crippen molar-refractivity contribution in [2.24, 2.45) is 5.92 Å². The molecule has 1 unspecified atom stereocenters. The van der Waals surface area contributed by atoms with Crippen molar-refractivity contribution in [3.05, 3.63) is 70.1 Å². The molecule has 0 radical (unpaired) electrons. The van der Waals surface area contributed by atoms with Gasteiger partial charge in [-0.2, -0.15) is 5.10 Å². The fraction of sp³-hybridized carbons (Fsp3) is 0.273. The second-order valence-corrected chi connectivity index (χ2v) is 8.23. The van der Waals surface area contributed by atoms with Crippen LogP contribution in [0.15, 0.2) is 48.7 Å². The molecule has 9 heteroatoms. The van der Waals surface area contributed by atoms with Crippen LogP contribution in [0.25, 0.3) is 5.69 Å². The lowest BCUT2D eigenvalue weighted by atomic mass is 9.96. The smallest absolute Gasteiger partial charge is 0.258 e. The molecule has 0 aliphatic carbocycles. The Hall–Kier alpha value is -2.90. The molecule has 3 aromatic rings. The molecule has 1 saturated heterocycles. The predicted molar refractivity (Wildman–Crippen MR) is 120 cm³/mol. The first-order valence-electron chi connectivity index (χ1n) is 9.96. The number of hydrogen-bond acceptors (Lipinski definition) is 4. The molecule has 1 atom stereocenters.